The molecule has 3 aromatic rings. The molecule has 6 nitrogen and oxygen atoms in total. The largest absolute Gasteiger partial charge is 0.488 e. The molecular weight excluding hydrogens is 398 g/mol. The van der Waals surface area contributed by atoms with E-state index >= 15 is 0 Å². The lowest BCUT2D eigenvalue weighted by Crippen LogP contribution is -2.33. The van der Waals surface area contributed by atoms with Crippen LogP contribution in [0.5, 0.6) is 5.75 Å². The van der Waals surface area contributed by atoms with E-state index in [-0.39, 0.29) is 5.91 Å². The quantitative estimate of drug-likeness (QED) is 0.673. The number of carbonyl (C=O) groups excluding carboxylic acids is 1. The lowest BCUT2D eigenvalue weighted by molar-refractivity contribution is 0.0209. The van der Waals surface area contributed by atoms with Crippen molar-refractivity contribution in [1.82, 2.24) is 14.9 Å². The van der Waals surface area contributed by atoms with Crippen molar-refractivity contribution in [3.8, 4) is 5.75 Å². The summed E-state index contributed by atoms with van der Waals surface area (Å²) in [5, 5.41) is 12.1. The second-order valence-corrected chi connectivity index (χ2v) is 8.63. The number of ether oxygens (including phenoxy) is 1. The minimum absolute atomic E-state index is 0.0195. The van der Waals surface area contributed by atoms with Gasteiger partial charge in [-0.2, -0.15) is 0 Å². The van der Waals surface area contributed by atoms with E-state index in [9.17, 15) is 9.90 Å². The normalized spacial score (nSPS) is 19.3. The van der Waals surface area contributed by atoms with Crippen LogP contribution in [0.25, 0.3) is 0 Å². The number of rotatable bonds is 5. The maximum absolute atomic E-state index is 12.8. The highest BCUT2D eigenvalue weighted by Crippen LogP contribution is 2.37. The van der Waals surface area contributed by atoms with Gasteiger partial charge in [0.1, 0.15) is 23.0 Å². The summed E-state index contributed by atoms with van der Waals surface area (Å²) in [5.74, 6) is 0.791. The first-order valence-electron chi connectivity index (χ1n) is 10.1. The third-order valence-electron chi connectivity index (χ3n) is 5.43. The Labute approximate surface area is 180 Å². The highest BCUT2D eigenvalue weighted by molar-refractivity contribution is 7.11. The number of aryl methyl sites for hydroxylation is 1. The molecule has 1 fully saturated rings. The van der Waals surface area contributed by atoms with Crippen molar-refractivity contribution in [2.75, 3.05) is 13.1 Å². The van der Waals surface area contributed by atoms with E-state index in [1.807, 2.05) is 42.2 Å². The summed E-state index contributed by atoms with van der Waals surface area (Å²) in [4.78, 5) is 24.2. The van der Waals surface area contributed by atoms with Crippen LogP contribution in [0.2, 0.25) is 0 Å². The second-order valence-electron chi connectivity index (χ2n) is 7.54. The van der Waals surface area contributed by atoms with Crippen LogP contribution in [0.4, 0.5) is 0 Å². The Hall–Kier alpha value is -2.77. The van der Waals surface area contributed by atoms with Gasteiger partial charge in [-0.1, -0.05) is 18.2 Å². The van der Waals surface area contributed by atoms with Crippen molar-refractivity contribution in [2.45, 2.75) is 38.4 Å². The standard InChI is InChI=1S/C23H25N3O3S/c1-17-20(16-29-19-6-3-2-4-7-19)30-22(25-17)23(28)10-5-14-26(15-11-23)21(27)18-8-12-24-13-9-18/h2-4,6-9,12-13,28H,5,10-11,14-16H2,1H3/t23-/m1/s1. The molecule has 156 valence electrons. The van der Waals surface area contributed by atoms with Crippen molar-refractivity contribution in [3.63, 3.8) is 0 Å². The predicted molar refractivity (Wildman–Crippen MR) is 116 cm³/mol. The predicted octanol–water partition coefficient (Wildman–Crippen LogP) is 3.94. The fraction of sp³-hybridized carbons (Fsp3) is 0.348. The molecule has 7 heteroatoms. The Balaban J connectivity index is 1.44. The van der Waals surface area contributed by atoms with Crippen LogP contribution in [-0.4, -0.2) is 39.0 Å². The summed E-state index contributed by atoms with van der Waals surface area (Å²) in [7, 11) is 0. The highest BCUT2D eigenvalue weighted by Gasteiger charge is 2.36. The number of carbonyl (C=O) groups is 1. The molecule has 0 unspecified atom stereocenters. The molecule has 1 aromatic carbocycles. The molecular formula is C23H25N3O3S. The maximum atomic E-state index is 12.8. The molecule has 1 atom stereocenters. The summed E-state index contributed by atoms with van der Waals surface area (Å²) in [6.07, 6.45) is 5.02. The molecule has 1 saturated heterocycles. The molecule has 0 saturated carbocycles. The van der Waals surface area contributed by atoms with E-state index in [4.69, 9.17) is 4.74 Å². The van der Waals surface area contributed by atoms with E-state index in [0.717, 1.165) is 22.7 Å². The molecule has 1 N–H and O–H groups in total. The molecule has 30 heavy (non-hydrogen) atoms. The number of aliphatic hydroxyl groups is 1. The van der Waals surface area contributed by atoms with Crippen LogP contribution in [0.15, 0.2) is 54.9 Å². The van der Waals surface area contributed by atoms with Gasteiger partial charge >= 0.3 is 0 Å². The topological polar surface area (TPSA) is 75.6 Å². The Morgan fingerprint density at radius 3 is 2.70 bits per heavy atom. The van der Waals surface area contributed by atoms with Crippen molar-refractivity contribution < 1.29 is 14.6 Å². The van der Waals surface area contributed by atoms with Gasteiger partial charge in [-0.3, -0.25) is 9.78 Å². The summed E-state index contributed by atoms with van der Waals surface area (Å²) in [5.41, 5.74) is 0.488. The zero-order valence-electron chi connectivity index (χ0n) is 17.0. The Bertz CT molecular complexity index is 993. The van der Waals surface area contributed by atoms with Crippen LogP contribution < -0.4 is 4.74 Å². The summed E-state index contributed by atoms with van der Waals surface area (Å²) in [6.45, 7) is 3.49. The van der Waals surface area contributed by atoms with Crippen LogP contribution in [0.3, 0.4) is 0 Å². The first-order chi connectivity index (χ1) is 14.5. The van der Waals surface area contributed by atoms with Gasteiger partial charge in [0.2, 0.25) is 0 Å². The molecule has 0 spiro atoms. The number of thiazole rings is 1. The van der Waals surface area contributed by atoms with Crippen molar-refractivity contribution in [1.29, 1.82) is 0 Å². The van der Waals surface area contributed by atoms with Crippen LogP contribution in [0.1, 0.15) is 45.2 Å². The van der Waals surface area contributed by atoms with E-state index in [1.165, 1.54) is 11.3 Å². The molecule has 2 aromatic heterocycles. The van der Waals surface area contributed by atoms with Crippen LogP contribution >= 0.6 is 11.3 Å². The van der Waals surface area contributed by atoms with Crippen LogP contribution in [-0.2, 0) is 12.2 Å². The van der Waals surface area contributed by atoms with Crippen molar-refractivity contribution in [3.05, 3.63) is 76.0 Å². The summed E-state index contributed by atoms with van der Waals surface area (Å²) < 4.78 is 5.86. The van der Waals surface area contributed by atoms with E-state index in [2.05, 4.69) is 9.97 Å². The molecule has 3 heterocycles. The fourth-order valence-corrected chi connectivity index (χ4v) is 4.76. The molecule has 4 rings (SSSR count). The average molecular weight is 424 g/mol. The molecule has 1 amide bonds. The number of likely N-dealkylation sites (tertiary alicyclic amines) is 1. The van der Waals surface area contributed by atoms with Gasteiger partial charge in [0.15, 0.2) is 0 Å². The number of para-hydroxylation sites is 1. The number of benzene rings is 1. The molecule has 0 radical (unpaired) electrons. The highest BCUT2D eigenvalue weighted by atomic mass is 32.1. The summed E-state index contributed by atoms with van der Waals surface area (Å²) >= 11 is 1.50. The zero-order valence-corrected chi connectivity index (χ0v) is 17.8. The second kappa shape index (κ2) is 8.93. The molecule has 0 bridgehead atoms. The Morgan fingerprint density at radius 2 is 1.93 bits per heavy atom. The van der Waals surface area contributed by atoms with Crippen molar-refractivity contribution in [2.24, 2.45) is 0 Å². The zero-order chi connectivity index (χ0) is 21.0. The van der Waals surface area contributed by atoms with Crippen LogP contribution in [0, 0.1) is 6.92 Å². The van der Waals surface area contributed by atoms with Gasteiger partial charge in [0, 0.05) is 37.5 Å². The Kier molecular flexibility index (Phi) is 6.11. The van der Waals surface area contributed by atoms with Gasteiger partial charge < -0.3 is 14.7 Å². The minimum atomic E-state index is -1.02. The summed E-state index contributed by atoms with van der Waals surface area (Å²) in [6, 6.07) is 13.1. The minimum Gasteiger partial charge on any atom is -0.488 e. The molecule has 1 aliphatic rings. The van der Waals surface area contributed by atoms with E-state index < -0.39 is 5.60 Å². The van der Waals surface area contributed by atoms with Crippen molar-refractivity contribution >= 4 is 17.2 Å². The first-order valence-corrected chi connectivity index (χ1v) is 10.9. The third kappa shape index (κ3) is 4.52. The first kappa shape index (κ1) is 20.5. The lowest BCUT2D eigenvalue weighted by Gasteiger charge is -2.24. The molecule has 1 aliphatic heterocycles. The van der Waals surface area contributed by atoms with E-state index in [0.29, 0.717) is 43.1 Å². The Morgan fingerprint density at radius 1 is 1.17 bits per heavy atom. The number of nitrogens with zero attached hydrogens (tertiary/aromatic N) is 3. The van der Waals surface area contributed by atoms with E-state index in [1.54, 1.807) is 24.5 Å². The fourth-order valence-electron chi connectivity index (χ4n) is 3.64. The van der Waals surface area contributed by atoms with Gasteiger partial charge in [-0.25, -0.2) is 4.98 Å². The monoisotopic (exact) mass is 423 g/mol. The lowest BCUT2D eigenvalue weighted by atomic mass is 9.96. The number of aromatic nitrogens is 2. The number of amides is 1. The number of pyridine rings is 1. The number of hydrogen-bond donors (Lipinski definition) is 1. The smallest absolute Gasteiger partial charge is 0.253 e. The SMILES string of the molecule is Cc1nc([C@@]2(O)CCCN(C(=O)c3ccncc3)CC2)sc1COc1ccccc1. The van der Waals surface area contributed by atoms with Gasteiger partial charge in [0.05, 0.1) is 10.6 Å². The van der Waals surface area contributed by atoms with Gasteiger partial charge in [-0.15, -0.1) is 11.3 Å². The third-order valence-corrected chi connectivity index (χ3v) is 6.76. The van der Waals surface area contributed by atoms with Gasteiger partial charge in [0.25, 0.3) is 5.91 Å². The maximum Gasteiger partial charge on any atom is 0.253 e. The molecule has 0 aliphatic carbocycles. The average Bonchev–Trinajstić information content (AvgIpc) is 3.04. The van der Waals surface area contributed by atoms with Gasteiger partial charge in [-0.05, 0) is 44.0 Å². The number of hydrogen-bond acceptors (Lipinski definition) is 6.